The summed E-state index contributed by atoms with van der Waals surface area (Å²) in [6.45, 7) is 1.81. The van der Waals surface area contributed by atoms with E-state index in [2.05, 4.69) is 5.32 Å². The number of hydrogen-bond acceptors (Lipinski definition) is 3. The van der Waals surface area contributed by atoms with Crippen LogP contribution in [0.15, 0.2) is 18.2 Å². The number of carbonyl (C=O) groups excluding carboxylic acids is 1. The van der Waals surface area contributed by atoms with Crippen LogP contribution in [0.3, 0.4) is 0 Å². The number of aliphatic hydroxyl groups is 1. The topological polar surface area (TPSA) is 75.3 Å². The summed E-state index contributed by atoms with van der Waals surface area (Å²) in [7, 11) is 0. The van der Waals surface area contributed by atoms with Gasteiger partial charge in [0.25, 0.3) is 5.91 Å². The van der Waals surface area contributed by atoms with E-state index in [9.17, 15) is 4.79 Å². The summed E-state index contributed by atoms with van der Waals surface area (Å²) in [6.07, 6.45) is 0.672. The molecule has 88 valence electrons. The maximum Gasteiger partial charge on any atom is 0.251 e. The molecule has 1 atom stereocenters. The molecule has 0 radical (unpaired) electrons. The molecular weight excluding hydrogens is 228 g/mol. The van der Waals surface area contributed by atoms with Gasteiger partial charge in [0, 0.05) is 5.56 Å². The predicted octanol–water partition coefficient (Wildman–Crippen LogP) is 1.42. The van der Waals surface area contributed by atoms with Gasteiger partial charge in [-0.05, 0) is 24.6 Å². The number of anilines is 1. The van der Waals surface area contributed by atoms with Crippen LogP contribution in [0.5, 0.6) is 0 Å². The summed E-state index contributed by atoms with van der Waals surface area (Å²) in [6, 6.07) is 4.45. The number of carbonyl (C=O) groups is 1. The molecule has 4 N–H and O–H groups in total. The van der Waals surface area contributed by atoms with Crippen LogP contribution in [-0.2, 0) is 0 Å². The van der Waals surface area contributed by atoms with Gasteiger partial charge < -0.3 is 16.2 Å². The van der Waals surface area contributed by atoms with Crippen LogP contribution in [-0.4, -0.2) is 23.7 Å². The number of hydrogen-bond donors (Lipinski definition) is 3. The van der Waals surface area contributed by atoms with E-state index in [4.69, 9.17) is 22.4 Å². The first-order valence-corrected chi connectivity index (χ1v) is 5.43. The number of aliphatic hydroxyl groups excluding tert-OH is 1. The Morgan fingerprint density at radius 3 is 2.81 bits per heavy atom. The van der Waals surface area contributed by atoms with Crippen LogP contribution in [0.25, 0.3) is 0 Å². The molecule has 0 fully saturated rings. The lowest BCUT2D eigenvalue weighted by molar-refractivity contribution is 0.0915. The van der Waals surface area contributed by atoms with Crippen molar-refractivity contribution in [2.45, 2.75) is 19.4 Å². The highest BCUT2D eigenvalue weighted by molar-refractivity contribution is 6.33. The second-order valence-corrected chi connectivity index (χ2v) is 3.90. The van der Waals surface area contributed by atoms with Crippen LogP contribution in [0.4, 0.5) is 5.69 Å². The lowest BCUT2D eigenvalue weighted by Gasteiger charge is -2.14. The molecule has 0 heterocycles. The lowest BCUT2D eigenvalue weighted by Crippen LogP contribution is -2.36. The van der Waals surface area contributed by atoms with Gasteiger partial charge >= 0.3 is 0 Å². The number of nitrogen functional groups attached to an aromatic ring is 1. The molecule has 1 amide bonds. The van der Waals surface area contributed by atoms with Gasteiger partial charge in [-0.3, -0.25) is 4.79 Å². The zero-order chi connectivity index (χ0) is 12.1. The van der Waals surface area contributed by atoms with Gasteiger partial charge in [-0.25, -0.2) is 0 Å². The molecule has 0 saturated carbocycles. The van der Waals surface area contributed by atoms with Crippen molar-refractivity contribution in [3.63, 3.8) is 0 Å². The van der Waals surface area contributed by atoms with Crippen LogP contribution < -0.4 is 11.1 Å². The third-order valence-corrected chi connectivity index (χ3v) is 2.65. The molecule has 4 nitrogen and oxygen atoms in total. The Bertz CT molecular complexity index is 378. The predicted molar refractivity (Wildman–Crippen MR) is 64.5 cm³/mol. The van der Waals surface area contributed by atoms with Crippen molar-refractivity contribution < 1.29 is 9.90 Å². The van der Waals surface area contributed by atoms with Crippen molar-refractivity contribution in [3.8, 4) is 0 Å². The van der Waals surface area contributed by atoms with E-state index in [0.717, 1.165) is 0 Å². The molecule has 1 rings (SSSR count). The molecule has 16 heavy (non-hydrogen) atoms. The summed E-state index contributed by atoms with van der Waals surface area (Å²) in [5.74, 6) is -0.260. The van der Waals surface area contributed by atoms with Crippen molar-refractivity contribution in [1.29, 1.82) is 0 Å². The summed E-state index contributed by atoms with van der Waals surface area (Å²) in [4.78, 5) is 11.7. The Labute approximate surface area is 99.4 Å². The molecule has 0 aliphatic rings. The fraction of sp³-hybridized carbons (Fsp3) is 0.364. The minimum atomic E-state index is -0.260. The minimum absolute atomic E-state index is 0.0781. The van der Waals surface area contributed by atoms with Gasteiger partial charge in [0.05, 0.1) is 23.4 Å². The highest BCUT2D eigenvalue weighted by Crippen LogP contribution is 2.19. The van der Waals surface area contributed by atoms with Crippen LogP contribution in [0.1, 0.15) is 23.7 Å². The second kappa shape index (κ2) is 5.72. The Kier molecular flexibility index (Phi) is 4.58. The number of halogens is 1. The molecule has 1 aromatic rings. The number of nitrogens with two attached hydrogens (primary N) is 1. The molecule has 1 aromatic carbocycles. The summed E-state index contributed by atoms with van der Waals surface area (Å²) in [5, 5.41) is 12.1. The van der Waals surface area contributed by atoms with Crippen LogP contribution in [0, 0.1) is 0 Å². The summed E-state index contributed by atoms with van der Waals surface area (Å²) in [5.41, 5.74) is 6.40. The highest BCUT2D eigenvalue weighted by atomic mass is 35.5. The van der Waals surface area contributed by atoms with Crippen molar-refractivity contribution >= 4 is 23.2 Å². The number of amides is 1. The molecule has 0 aromatic heterocycles. The van der Waals surface area contributed by atoms with Crippen molar-refractivity contribution in [3.05, 3.63) is 28.8 Å². The van der Waals surface area contributed by atoms with Gasteiger partial charge in [-0.15, -0.1) is 0 Å². The Hall–Kier alpha value is -1.26. The van der Waals surface area contributed by atoms with Gasteiger partial charge in [-0.2, -0.15) is 0 Å². The van der Waals surface area contributed by atoms with E-state index in [1.165, 1.54) is 6.07 Å². The van der Waals surface area contributed by atoms with E-state index >= 15 is 0 Å². The van der Waals surface area contributed by atoms with Crippen LogP contribution in [0.2, 0.25) is 5.02 Å². The summed E-state index contributed by atoms with van der Waals surface area (Å²) < 4.78 is 0. The fourth-order valence-electron chi connectivity index (χ4n) is 1.23. The average molecular weight is 243 g/mol. The monoisotopic (exact) mass is 242 g/mol. The van der Waals surface area contributed by atoms with Gasteiger partial charge in [0.1, 0.15) is 0 Å². The maximum atomic E-state index is 11.7. The largest absolute Gasteiger partial charge is 0.398 e. The normalized spacial score (nSPS) is 12.2. The van der Waals surface area contributed by atoms with Crippen molar-refractivity contribution in [1.82, 2.24) is 5.32 Å². The first-order chi connectivity index (χ1) is 7.58. The number of benzene rings is 1. The highest BCUT2D eigenvalue weighted by Gasteiger charge is 2.11. The molecule has 0 unspecified atom stereocenters. The lowest BCUT2D eigenvalue weighted by atomic mass is 10.1. The molecular formula is C11H15ClN2O2. The van der Waals surface area contributed by atoms with E-state index in [1.807, 2.05) is 6.92 Å². The maximum absolute atomic E-state index is 11.7. The Morgan fingerprint density at radius 1 is 1.62 bits per heavy atom. The van der Waals surface area contributed by atoms with Gasteiger partial charge in [-0.1, -0.05) is 18.5 Å². The number of rotatable bonds is 4. The van der Waals surface area contributed by atoms with Gasteiger partial charge in [0.2, 0.25) is 0 Å². The zero-order valence-electron chi connectivity index (χ0n) is 9.03. The fourth-order valence-corrected chi connectivity index (χ4v) is 1.35. The van der Waals surface area contributed by atoms with E-state index in [-0.39, 0.29) is 18.6 Å². The van der Waals surface area contributed by atoms with E-state index in [1.54, 1.807) is 12.1 Å². The summed E-state index contributed by atoms with van der Waals surface area (Å²) >= 11 is 5.75. The Morgan fingerprint density at radius 2 is 2.31 bits per heavy atom. The molecule has 0 saturated heterocycles. The molecule has 0 aliphatic carbocycles. The quantitative estimate of drug-likeness (QED) is 0.699. The average Bonchev–Trinajstić information content (AvgIpc) is 2.29. The number of nitrogens with one attached hydrogen (secondary N) is 1. The molecule has 0 spiro atoms. The third-order valence-electron chi connectivity index (χ3n) is 2.31. The Balaban J connectivity index is 2.76. The smallest absolute Gasteiger partial charge is 0.251 e. The van der Waals surface area contributed by atoms with Gasteiger partial charge in [0.15, 0.2) is 0 Å². The SMILES string of the molecule is CC[C@@H](CO)NC(=O)c1ccc(Cl)c(N)c1. The van der Waals surface area contributed by atoms with Crippen molar-refractivity contribution in [2.24, 2.45) is 0 Å². The molecule has 0 bridgehead atoms. The van der Waals surface area contributed by atoms with Crippen LogP contribution >= 0.6 is 11.6 Å². The molecule has 0 aliphatic heterocycles. The molecule has 5 heteroatoms. The third kappa shape index (κ3) is 3.12. The standard InChI is InChI=1S/C11H15ClN2O2/c1-2-8(6-15)14-11(16)7-3-4-9(12)10(13)5-7/h3-5,8,15H,2,6,13H2,1H3,(H,14,16)/t8-/m0/s1. The first kappa shape index (κ1) is 12.8. The zero-order valence-corrected chi connectivity index (χ0v) is 9.79. The first-order valence-electron chi connectivity index (χ1n) is 5.05. The minimum Gasteiger partial charge on any atom is -0.398 e. The second-order valence-electron chi connectivity index (χ2n) is 3.50. The van der Waals surface area contributed by atoms with Crippen molar-refractivity contribution in [2.75, 3.05) is 12.3 Å². The van der Waals surface area contributed by atoms with E-state index < -0.39 is 0 Å². The van der Waals surface area contributed by atoms with E-state index in [0.29, 0.717) is 22.7 Å².